The molecule has 1 aliphatic heterocycles. The molecule has 0 amide bonds. The van der Waals surface area contributed by atoms with Gasteiger partial charge in [-0.1, -0.05) is 6.07 Å². The molecule has 2 bridgehead atoms. The van der Waals surface area contributed by atoms with E-state index in [0.29, 0.717) is 19.3 Å². The Labute approximate surface area is 142 Å². The van der Waals surface area contributed by atoms with Crippen LogP contribution in [0.25, 0.3) is 0 Å². The van der Waals surface area contributed by atoms with Crippen LogP contribution in [0.4, 0.5) is 0 Å². The van der Waals surface area contributed by atoms with Gasteiger partial charge in [0.15, 0.2) is 0 Å². The Hall–Kier alpha value is -1.39. The maximum absolute atomic E-state index is 12.3. The van der Waals surface area contributed by atoms with Crippen LogP contribution in [-0.4, -0.2) is 45.6 Å². The van der Waals surface area contributed by atoms with Gasteiger partial charge in [-0.05, 0) is 67.8 Å². The van der Waals surface area contributed by atoms with Gasteiger partial charge in [0.25, 0.3) is 0 Å². The maximum Gasteiger partial charge on any atom is 0.134 e. The highest BCUT2D eigenvalue weighted by atomic mass is 16.3. The Balaban J connectivity index is 1.65. The average molecular weight is 327 g/mol. The zero-order chi connectivity index (χ0) is 16.5. The first kappa shape index (κ1) is 14.9. The summed E-state index contributed by atoms with van der Waals surface area (Å²) in [5.74, 6) is 1.29. The van der Waals surface area contributed by atoms with E-state index in [1.165, 1.54) is 18.4 Å². The minimum Gasteiger partial charge on any atom is -0.508 e. The molecule has 1 saturated heterocycles. The molecule has 3 aliphatic carbocycles. The predicted octanol–water partition coefficient (Wildman–Crippen LogP) is 2.15. The highest BCUT2D eigenvalue weighted by Gasteiger charge is 2.64. The molecule has 1 aromatic carbocycles. The molecule has 24 heavy (non-hydrogen) atoms. The van der Waals surface area contributed by atoms with Crippen LogP contribution < -0.4 is 0 Å². The Bertz CT molecular complexity index is 713. The van der Waals surface area contributed by atoms with Crippen molar-refractivity contribution in [3.63, 3.8) is 0 Å². The topological polar surface area (TPSA) is 60.8 Å². The lowest BCUT2D eigenvalue weighted by molar-refractivity contribution is -0.173. The monoisotopic (exact) mass is 327 g/mol. The number of fused-ring (bicyclic) bond motifs is 1. The lowest BCUT2D eigenvalue weighted by atomic mass is 9.49. The van der Waals surface area contributed by atoms with Gasteiger partial charge in [-0.2, -0.15) is 0 Å². The summed E-state index contributed by atoms with van der Waals surface area (Å²) in [7, 11) is 0. The summed E-state index contributed by atoms with van der Waals surface area (Å²) in [6.45, 7) is 2.04. The lowest BCUT2D eigenvalue weighted by Crippen LogP contribution is -2.73. The molecule has 3 fully saturated rings. The summed E-state index contributed by atoms with van der Waals surface area (Å²) in [5.41, 5.74) is 0.895. The third-order valence-electron chi connectivity index (χ3n) is 7.14. The molecule has 4 aliphatic rings. The molecular weight excluding hydrogens is 302 g/mol. The number of aliphatic hydroxyl groups is 1. The number of phenols is 1. The van der Waals surface area contributed by atoms with Crippen molar-refractivity contribution in [2.24, 2.45) is 5.92 Å². The van der Waals surface area contributed by atoms with Gasteiger partial charge in [-0.3, -0.25) is 9.69 Å². The number of piperidine rings is 1. The molecule has 4 nitrogen and oxygen atoms in total. The van der Waals surface area contributed by atoms with Crippen molar-refractivity contribution >= 4 is 5.78 Å². The second kappa shape index (κ2) is 4.83. The van der Waals surface area contributed by atoms with Gasteiger partial charge in [0.05, 0.1) is 5.60 Å². The Kier molecular flexibility index (Phi) is 3.00. The molecule has 4 heteroatoms. The normalized spacial score (nSPS) is 38.5. The largest absolute Gasteiger partial charge is 0.508 e. The minimum absolute atomic E-state index is 0.108. The van der Waals surface area contributed by atoms with E-state index in [0.717, 1.165) is 37.4 Å². The van der Waals surface area contributed by atoms with Gasteiger partial charge in [-0.25, -0.2) is 0 Å². The number of benzene rings is 1. The van der Waals surface area contributed by atoms with Gasteiger partial charge in [-0.15, -0.1) is 0 Å². The fourth-order valence-corrected chi connectivity index (χ4v) is 5.74. The van der Waals surface area contributed by atoms with Crippen molar-refractivity contribution < 1.29 is 15.0 Å². The second-order valence-electron chi connectivity index (χ2n) is 8.47. The molecule has 2 saturated carbocycles. The first-order chi connectivity index (χ1) is 11.5. The molecule has 1 aromatic rings. The minimum atomic E-state index is -0.838. The van der Waals surface area contributed by atoms with Gasteiger partial charge in [0, 0.05) is 30.8 Å². The van der Waals surface area contributed by atoms with E-state index in [1.807, 2.05) is 12.1 Å². The second-order valence-corrected chi connectivity index (χ2v) is 8.47. The van der Waals surface area contributed by atoms with Crippen molar-refractivity contribution in [1.82, 2.24) is 4.90 Å². The fourth-order valence-electron chi connectivity index (χ4n) is 5.74. The zero-order valence-electron chi connectivity index (χ0n) is 14.0. The first-order valence-electron chi connectivity index (χ1n) is 9.32. The molecule has 5 rings (SSSR count). The number of likely N-dealkylation sites (tertiary alicyclic amines) is 1. The maximum atomic E-state index is 12.3. The van der Waals surface area contributed by atoms with Gasteiger partial charge >= 0.3 is 0 Å². The third kappa shape index (κ3) is 1.90. The Morgan fingerprint density at radius 2 is 2.08 bits per heavy atom. The van der Waals surface area contributed by atoms with E-state index in [4.69, 9.17) is 0 Å². The van der Waals surface area contributed by atoms with E-state index < -0.39 is 11.0 Å². The summed E-state index contributed by atoms with van der Waals surface area (Å²) in [6.07, 6.45) is 5.75. The van der Waals surface area contributed by atoms with Crippen molar-refractivity contribution in [3.8, 4) is 5.75 Å². The molecule has 128 valence electrons. The molecule has 2 N–H and O–H groups in total. The number of nitrogens with zero attached hydrogens (tertiary/aromatic N) is 1. The molecule has 0 aromatic heterocycles. The standard InChI is InChI=1S/C20H25NO3/c22-15-4-3-14-9-18-20(24)6-5-16(23)11-19(20,17(14)10-15)7-8-21(18)12-13-1-2-13/h3-4,10,13,18,22,24H,1-2,5-9,11-12H2/t18?,19-,20?/m1/s1. The van der Waals surface area contributed by atoms with Crippen molar-refractivity contribution in [2.45, 2.75) is 62.0 Å². The number of carbonyl (C=O) groups excluding carboxylic acids is 1. The van der Waals surface area contributed by atoms with Crippen molar-refractivity contribution in [3.05, 3.63) is 29.3 Å². The van der Waals surface area contributed by atoms with Gasteiger partial charge in [0.2, 0.25) is 0 Å². The van der Waals surface area contributed by atoms with E-state index in [9.17, 15) is 15.0 Å². The van der Waals surface area contributed by atoms with Crippen LogP contribution in [0.2, 0.25) is 0 Å². The van der Waals surface area contributed by atoms with Gasteiger partial charge < -0.3 is 10.2 Å². The molecule has 0 spiro atoms. The van der Waals surface area contributed by atoms with Crippen LogP contribution in [0.5, 0.6) is 5.75 Å². The SMILES string of the molecule is O=C1CCC2(O)C3Cc4ccc(O)cc4[C@@]2(CCN3CC2CC2)C1. The van der Waals surface area contributed by atoms with Crippen LogP contribution in [-0.2, 0) is 16.6 Å². The van der Waals surface area contributed by atoms with Crippen LogP contribution in [0.3, 0.4) is 0 Å². The summed E-state index contributed by atoms with van der Waals surface area (Å²) in [6, 6.07) is 5.66. The highest BCUT2D eigenvalue weighted by Crippen LogP contribution is 2.58. The highest BCUT2D eigenvalue weighted by molar-refractivity contribution is 5.82. The first-order valence-corrected chi connectivity index (χ1v) is 9.32. The van der Waals surface area contributed by atoms with Crippen LogP contribution >= 0.6 is 0 Å². The molecule has 0 radical (unpaired) electrons. The molecular formula is C20H25NO3. The number of Topliss-reactive ketones (excluding diaryl/α,β-unsaturated/α-hetero) is 1. The number of hydrogen-bond donors (Lipinski definition) is 2. The van der Waals surface area contributed by atoms with Gasteiger partial charge in [0.1, 0.15) is 11.5 Å². The fraction of sp³-hybridized carbons (Fsp3) is 0.650. The van der Waals surface area contributed by atoms with Crippen LogP contribution in [0.15, 0.2) is 18.2 Å². The number of hydrogen-bond acceptors (Lipinski definition) is 4. The smallest absolute Gasteiger partial charge is 0.134 e. The average Bonchev–Trinajstić information content (AvgIpc) is 3.36. The van der Waals surface area contributed by atoms with E-state index in [1.54, 1.807) is 6.07 Å². The number of ketones is 1. The molecule has 1 heterocycles. The van der Waals surface area contributed by atoms with E-state index in [-0.39, 0.29) is 17.6 Å². The Morgan fingerprint density at radius 1 is 1.25 bits per heavy atom. The van der Waals surface area contributed by atoms with Crippen LogP contribution in [0, 0.1) is 5.92 Å². The van der Waals surface area contributed by atoms with E-state index >= 15 is 0 Å². The van der Waals surface area contributed by atoms with E-state index in [2.05, 4.69) is 4.90 Å². The number of phenolic OH excluding ortho intramolecular Hbond substituents is 1. The predicted molar refractivity (Wildman–Crippen MR) is 90.0 cm³/mol. The molecule has 2 unspecified atom stereocenters. The summed E-state index contributed by atoms with van der Waals surface area (Å²) in [4.78, 5) is 14.8. The van der Waals surface area contributed by atoms with Crippen LogP contribution in [0.1, 0.15) is 49.7 Å². The number of aromatic hydroxyl groups is 1. The quantitative estimate of drug-likeness (QED) is 0.874. The van der Waals surface area contributed by atoms with Crippen molar-refractivity contribution in [2.75, 3.05) is 13.1 Å². The zero-order valence-corrected chi connectivity index (χ0v) is 14.0. The summed E-state index contributed by atoms with van der Waals surface area (Å²) < 4.78 is 0. The summed E-state index contributed by atoms with van der Waals surface area (Å²) in [5, 5.41) is 21.9. The molecule has 3 atom stereocenters. The Morgan fingerprint density at radius 3 is 2.88 bits per heavy atom. The third-order valence-corrected chi connectivity index (χ3v) is 7.14. The lowest BCUT2D eigenvalue weighted by Gasteiger charge is -2.63. The van der Waals surface area contributed by atoms with Crippen molar-refractivity contribution in [1.29, 1.82) is 0 Å². The number of rotatable bonds is 2. The summed E-state index contributed by atoms with van der Waals surface area (Å²) >= 11 is 0. The number of carbonyl (C=O) groups is 1.